The molecule has 0 radical (unpaired) electrons. The van der Waals surface area contributed by atoms with Gasteiger partial charge in [0.1, 0.15) is 24.0 Å². The molecule has 2 aromatic heterocycles. The first-order valence-electron chi connectivity index (χ1n) is 9.85. The predicted octanol–water partition coefficient (Wildman–Crippen LogP) is 5.28. The molecular formula is C23H26Cl2FN5O. The standard InChI is InChI=1S/C23H24FN5O.2ClH/c1-15(25)14-30-20-8-6-17(7-9-20)21-13-26-23-11-10-22(28-29(21)23)27-16(2)18-4-3-5-19(24)12-18;;/h3-13,15-16H,14,25H2,1-2H3,(H,27,28);2*1H/t15-,16-;;/m1../s1. The third-order valence-electron chi connectivity index (χ3n) is 4.74. The van der Waals surface area contributed by atoms with Gasteiger partial charge in [0.15, 0.2) is 5.65 Å². The quantitative estimate of drug-likeness (QED) is 0.378. The first-order chi connectivity index (χ1) is 14.5. The number of anilines is 1. The van der Waals surface area contributed by atoms with Crippen LogP contribution in [0.5, 0.6) is 5.75 Å². The zero-order chi connectivity index (χ0) is 21.1. The highest BCUT2D eigenvalue weighted by Crippen LogP contribution is 2.25. The van der Waals surface area contributed by atoms with Gasteiger partial charge >= 0.3 is 0 Å². The van der Waals surface area contributed by atoms with Gasteiger partial charge < -0.3 is 15.8 Å². The molecule has 4 aromatic rings. The van der Waals surface area contributed by atoms with Gasteiger partial charge in [0.25, 0.3) is 0 Å². The minimum atomic E-state index is -0.255. The molecule has 0 spiro atoms. The highest BCUT2D eigenvalue weighted by atomic mass is 35.5. The maximum absolute atomic E-state index is 13.5. The fourth-order valence-corrected chi connectivity index (χ4v) is 3.18. The monoisotopic (exact) mass is 477 g/mol. The number of fused-ring (bicyclic) bond motifs is 1. The van der Waals surface area contributed by atoms with E-state index in [1.165, 1.54) is 12.1 Å². The second kappa shape index (κ2) is 11.1. The molecule has 2 atom stereocenters. The summed E-state index contributed by atoms with van der Waals surface area (Å²) in [4.78, 5) is 4.44. The molecule has 4 rings (SSSR count). The molecule has 2 heterocycles. The van der Waals surface area contributed by atoms with Crippen molar-refractivity contribution in [1.82, 2.24) is 14.6 Å². The molecule has 170 valence electrons. The molecule has 32 heavy (non-hydrogen) atoms. The van der Waals surface area contributed by atoms with Crippen molar-refractivity contribution in [3.8, 4) is 17.0 Å². The second-order valence-corrected chi connectivity index (χ2v) is 7.37. The smallest absolute Gasteiger partial charge is 0.154 e. The summed E-state index contributed by atoms with van der Waals surface area (Å²) in [6, 6.07) is 18.0. The minimum Gasteiger partial charge on any atom is -0.492 e. The molecule has 6 nitrogen and oxygen atoms in total. The fraction of sp³-hybridized carbons (Fsp3) is 0.217. The summed E-state index contributed by atoms with van der Waals surface area (Å²) in [5.41, 5.74) is 9.16. The highest BCUT2D eigenvalue weighted by molar-refractivity contribution is 5.85. The Labute approximate surface area is 198 Å². The first-order valence-corrected chi connectivity index (χ1v) is 9.85. The maximum Gasteiger partial charge on any atom is 0.154 e. The average molecular weight is 478 g/mol. The van der Waals surface area contributed by atoms with Gasteiger partial charge in [-0.25, -0.2) is 13.9 Å². The van der Waals surface area contributed by atoms with Crippen LogP contribution < -0.4 is 15.8 Å². The Morgan fingerprint density at radius 3 is 2.50 bits per heavy atom. The topological polar surface area (TPSA) is 77.5 Å². The van der Waals surface area contributed by atoms with Crippen LogP contribution in [0.25, 0.3) is 16.9 Å². The van der Waals surface area contributed by atoms with Gasteiger partial charge in [-0.3, -0.25) is 0 Å². The molecule has 0 aliphatic carbocycles. The third kappa shape index (κ3) is 5.88. The lowest BCUT2D eigenvalue weighted by Crippen LogP contribution is -2.23. The molecular weight excluding hydrogens is 452 g/mol. The van der Waals surface area contributed by atoms with Crippen molar-refractivity contribution in [1.29, 1.82) is 0 Å². The number of hydrogen-bond donors (Lipinski definition) is 2. The molecule has 0 saturated heterocycles. The normalized spacial score (nSPS) is 12.4. The Bertz CT molecular complexity index is 1150. The minimum absolute atomic E-state index is 0. The number of nitrogens with zero attached hydrogens (tertiary/aromatic N) is 3. The number of aromatic nitrogens is 3. The van der Waals surface area contributed by atoms with Crippen LogP contribution in [0.2, 0.25) is 0 Å². The van der Waals surface area contributed by atoms with Crippen molar-refractivity contribution in [2.24, 2.45) is 5.73 Å². The lowest BCUT2D eigenvalue weighted by atomic mass is 10.1. The van der Waals surface area contributed by atoms with Crippen LogP contribution in [-0.2, 0) is 0 Å². The summed E-state index contributed by atoms with van der Waals surface area (Å²) in [5, 5.41) is 8.01. The lowest BCUT2D eigenvalue weighted by Gasteiger charge is -2.15. The van der Waals surface area contributed by atoms with Crippen molar-refractivity contribution in [2.75, 3.05) is 11.9 Å². The van der Waals surface area contributed by atoms with E-state index in [0.717, 1.165) is 28.2 Å². The van der Waals surface area contributed by atoms with E-state index in [1.807, 2.05) is 56.3 Å². The highest BCUT2D eigenvalue weighted by Gasteiger charge is 2.11. The first kappa shape index (κ1) is 25.4. The largest absolute Gasteiger partial charge is 0.492 e. The summed E-state index contributed by atoms with van der Waals surface area (Å²) in [5.74, 6) is 1.19. The van der Waals surface area contributed by atoms with E-state index < -0.39 is 0 Å². The van der Waals surface area contributed by atoms with Crippen molar-refractivity contribution in [3.05, 3.63) is 78.2 Å². The zero-order valence-electron chi connectivity index (χ0n) is 17.7. The Kier molecular flexibility index (Phi) is 8.83. The summed E-state index contributed by atoms with van der Waals surface area (Å²) >= 11 is 0. The molecule has 0 saturated carbocycles. The fourth-order valence-electron chi connectivity index (χ4n) is 3.18. The van der Waals surface area contributed by atoms with E-state index in [2.05, 4.69) is 15.4 Å². The Balaban J connectivity index is 0.00000181. The molecule has 2 aromatic carbocycles. The molecule has 0 amide bonds. The van der Waals surface area contributed by atoms with Gasteiger partial charge in [0.2, 0.25) is 0 Å². The van der Waals surface area contributed by atoms with Crippen LogP contribution in [0.3, 0.4) is 0 Å². The van der Waals surface area contributed by atoms with E-state index in [9.17, 15) is 4.39 Å². The van der Waals surface area contributed by atoms with Gasteiger partial charge in [-0.15, -0.1) is 29.9 Å². The average Bonchev–Trinajstić information content (AvgIpc) is 3.16. The van der Waals surface area contributed by atoms with Crippen LogP contribution in [-0.4, -0.2) is 27.2 Å². The van der Waals surface area contributed by atoms with Crippen molar-refractivity contribution in [3.63, 3.8) is 0 Å². The van der Waals surface area contributed by atoms with Crippen LogP contribution in [0.15, 0.2) is 66.9 Å². The SMILES string of the molecule is C[C@@H](N)COc1ccc(-c2cnc3ccc(N[C@H](C)c4cccc(F)c4)nn23)cc1.Cl.Cl. The van der Waals surface area contributed by atoms with E-state index in [0.29, 0.717) is 12.4 Å². The molecule has 0 bridgehead atoms. The number of hydrogen-bond acceptors (Lipinski definition) is 5. The van der Waals surface area contributed by atoms with Crippen LogP contribution in [0.1, 0.15) is 25.5 Å². The van der Waals surface area contributed by atoms with Gasteiger partial charge in [-0.05, 0) is 67.9 Å². The summed E-state index contributed by atoms with van der Waals surface area (Å²) in [6.07, 6.45) is 1.79. The van der Waals surface area contributed by atoms with Crippen LogP contribution in [0.4, 0.5) is 10.2 Å². The number of nitrogens with two attached hydrogens (primary N) is 1. The van der Waals surface area contributed by atoms with E-state index in [1.54, 1.807) is 16.8 Å². The number of ether oxygens (including phenoxy) is 1. The molecule has 0 fully saturated rings. The Morgan fingerprint density at radius 2 is 1.81 bits per heavy atom. The van der Waals surface area contributed by atoms with Gasteiger partial charge in [0.05, 0.1) is 17.9 Å². The number of halogens is 3. The van der Waals surface area contributed by atoms with Crippen molar-refractivity contribution < 1.29 is 9.13 Å². The van der Waals surface area contributed by atoms with Crippen molar-refractivity contribution >= 4 is 36.3 Å². The third-order valence-corrected chi connectivity index (χ3v) is 4.74. The second-order valence-electron chi connectivity index (χ2n) is 7.37. The van der Waals surface area contributed by atoms with E-state index in [-0.39, 0.29) is 42.7 Å². The number of benzene rings is 2. The Hall–Kier alpha value is -2.87. The number of rotatable bonds is 7. The van der Waals surface area contributed by atoms with Gasteiger partial charge in [-0.2, -0.15) is 0 Å². The number of imidazole rings is 1. The van der Waals surface area contributed by atoms with Gasteiger partial charge in [-0.1, -0.05) is 12.1 Å². The lowest BCUT2D eigenvalue weighted by molar-refractivity contribution is 0.296. The summed E-state index contributed by atoms with van der Waals surface area (Å²) in [6.45, 7) is 4.34. The molecule has 0 aliphatic heterocycles. The van der Waals surface area contributed by atoms with E-state index >= 15 is 0 Å². The molecule has 0 aliphatic rings. The van der Waals surface area contributed by atoms with Gasteiger partial charge in [0, 0.05) is 11.6 Å². The Morgan fingerprint density at radius 1 is 1.06 bits per heavy atom. The molecule has 3 N–H and O–H groups in total. The summed E-state index contributed by atoms with van der Waals surface area (Å²) < 4.78 is 20.9. The summed E-state index contributed by atoms with van der Waals surface area (Å²) in [7, 11) is 0. The molecule has 0 unspecified atom stereocenters. The van der Waals surface area contributed by atoms with Crippen LogP contribution >= 0.6 is 24.8 Å². The van der Waals surface area contributed by atoms with Crippen LogP contribution in [0, 0.1) is 5.82 Å². The molecule has 9 heteroatoms. The zero-order valence-corrected chi connectivity index (χ0v) is 19.4. The van der Waals surface area contributed by atoms with Crippen molar-refractivity contribution in [2.45, 2.75) is 25.9 Å². The van der Waals surface area contributed by atoms with E-state index in [4.69, 9.17) is 10.5 Å². The maximum atomic E-state index is 13.5. The number of nitrogens with one attached hydrogen (secondary N) is 1. The predicted molar refractivity (Wildman–Crippen MR) is 131 cm³/mol.